The molecule has 0 unspecified atom stereocenters. The van der Waals surface area contributed by atoms with Gasteiger partial charge in [0.2, 0.25) is 0 Å². The van der Waals surface area contributed by atoms with Crippen LogP contribution in [-0.2, 0) is 0 Å². The molecule has 22 heavy (non-hydrogen) atoms. The van der Waals surface area contributed by atoms with Crippen molar-refractivity contribution in [2.24, 2.45) is 0 Å². The Morgan fingerprint density at radius 1 is 1.00 bits per heavy atom. The second-order valence-corrected chi connectivity index (χ2v) is 5.09. The fraction of sp³-hybridized carbons (Fsp3) is 0.0556. The van der Waals surface area contributed by atoms with Crippen molar-refractivity contribution < 1.29 is 15.0 Å². The van der Waals surface area contributed by atoms with E-state index in [1.165, 1.54) is 6.07 Å². The van der Waals surface area contributed by atoms with Gasteiger partial charge >= 0.3 is 0 Å². The van der Waals surface area contributed by atoms with Gasteiger partial charge in [0.05, 0.1) is 11.3 Å². The number of hydrogen-bond donors (Lipinski definition) is 3. The Bertz CT molecular complexity index is 871. The zero-order chi connectivity index (χ0) is 15.7. The molecule has 0 heterocycles. The molecule has 0 aliphatic rings. The number of aryl methyl sites for hydroxylation is 1. The van der Waals surface area contributed by atoms with Gasteiger partial charge in [0, 0.05) is 0 Å². The van der Waals surface area contributed by atoms with Crippen LogP contribution in [0.15, 0.2) is 54.6 Å². The summed E-state index contributed by atoms with van der Waals surface area (Å²) in [5.41, 5.74) is 1.14. The molecule has 3 N–H and O–H groups in total. The lowest BCUT2D eigenvalue weighted by atomic mass is 10.00. The predicted octanol–water partition coefficient (Wildman–Crippen LogP) is 3.81. The average Bonchev–Trinajstić information content (AvgIpc) is 2.53. The molecule has 4 heteroatoms. The number of phenols is 2. The van der Waals surface area contributed by atoms with Crippen LogP contribution in [0.5, 0.6) is 11.5 Å². The first-order valence-electron chi connectivity index (χ1n) is 6.88. The van der Waals surface area contributed by atoms with Crippen LogP contribution in [0.1, 0.15) is 15.9 Å². The third-order valence-corrected chi connectivity index (χ3v) is 3.67. The lowest BCUT2D eigenvalue weighted by Crippen LogP contribution is -2.12. The van der Waals surface area contributed by atoms with Crippen molar-refractivity contribution in [3.05, 3.63) is 65.7 Å². The summed E-state index contributed by atoms with van der Waals surface area (Å²) >= 11 is 0. The number of anilines is 1. The van der Waals surface area contributed by atoms with Crippen molar-refractivity contribution in [2.75, 3.05) is 5.32 Å². The van der Waals surface area contributed by atoms with Gasteiger partial charge in [-0.15, -0.1) is 0 Å². The van der Waals surface area contributed by atoms with E-state index < -0.39 is 5.91 Å². The SMILES string of the molecule is Cc1c(O)c(C(=O)Nc2ccccc2O)cc2ccccc12. The smallest absolute Gasteiger partial charge is 0.259 e. The van der Waals surface area contributed by atoms with E-state index in [0.29, 0.717) is 11.3 Å². The molecule has 3 aromatic rings. The van der Waals surface area contributed by atoms with Crippen LogP contribution in [0.25, 0.3) is 10.8 Å². The van der Waals surface area contributed by atoms with Gasteiger partial charge in [-0.25, -0.2) is 0 Å². The molecule has 3 aromatic carbocycles. The van der Waals surface area contributed by atoms with E-state index in [9.17, 15) is 15.0 Å². The molecule has 0 spiro atoms. The molecule has 110 valence electrons. The highest BCUT2D eigenvalue weighted by molar-refractivity contribution is 6.09. The van der Waals surface area contributed by atoms with Crippen molar-refractivity contribution >= 4 is 22.4 Å². The zero-order valence-corrected chi connectivity index (χ0v) is 12.0. The average molecular weight is 293 g/mol. The molecular weight excluding hydrogens is 278 g/mol. The topological polar surface area (TPSA) is 69.6 Å². The molecule has 0 aliphatic heterocycles. The third kappa shape index (κ3) is 2.35. The van der Waals surface area contributed by atoms with Gasteiger partial charge in [-0.05, 0) is 41.5 Å². The minimum absolute atomic E-state index is 0.0205. The molecule has 1 amide bonds. The summed E-state index contributed by atoms with van der Waals surface area (Å²) in [6, 6.07) is 15.7. The van der Waals surface area contributed by atoms with Crippen molar-refractivity contribution in [3.63, 3.8) is 0 Å². The minimum Gasteiger partial charge on any atom is -0.507 e. The van der Waals surface area contributed by atoms with Crippen LogP contribution in [0.2, 0.25) is 0 Å². The molecule has 0 fully saturated rings. The number of carbonyl (C=O) groups is 1. The summed E-state index contributed by atoms with van der Waals surface area (Å²) in [6.07, 6.45) is 0. The van der Waals surface area contributed by atoms with Crippen molar-refractivity contribution in [1.29, 1.82) is 0 Å². The Kier molecular flexibility index (Phi) is 3.43. The molecule has 0 radical (unpaired) electrons. The number of amides is 1. The first kappa shape index (κ1) is 13.9. The second-order valence-electron chi connectivity index (χ2n) is 5.09. The van der Waals surface area contributed by atoms with Crippen molar-refractivity contribution in [2.45, 2.75) is 6.92 Å². The van der Waals surface area contributed by atoms with Gasteiger partial charge in [-0.1, -0.05) is 36.4 Å². The Morgan fingerprint density at radius 3 is 2.45 bits per heavy atom. The summed E-state index contributed by atoms with van der Waals surface area (Å²) in [5, 5.41) is 24.4. The standard InChI is InChI=1S/C18H15NO3/c1-11-13-7-3-2-6-12(13)10-14(17(11)21)18(22)19-15-8-4-5-9-16(15)20/h2-10,20-21H,1H3,(H,19,22). The number of phenolic OH excluding ortho intramolecular Hbond substituents is 2. The maximum Gasteiger partial charge on any atom is 0.259 e. The van der Waals surface area contributed by atoms with Gasteiger partial charge < -0.3 is 15.5 Å². The van der Waals surface area contributed by atoms with Gasteiger partial charge in [0.25, 0.3) is 5.91 Å². The summed E-state index contributed by atoms with van der Waals surface area (Å²) in [4.78, 5) is 12.4. The molecular formula is C18H15NO3. The van der Waals surface area contributed by atoms with E-state index in [1.807, 2.05) is 24.3 Å². The Morgan fingerprint density at radius 2 is 1.68 bits per heavy atom. The van der Waals surface area contributed by atoms with Crippen LogP contribution in [0.4, 0.5) is 5.69 Å². The van der Waals surface area contributed by atoms with Crippen molar-refractivity contribution in [1.82, 2.24) is 0 Å². The third-order valence-electron chi connectivity index (χ3n) is 3.67. The number of carbonyl (C=O) groups excluding carboxylic acids is 1. The minimum atomic E-state index is -0.465. The summed E-state index contributed by atoms with van der Waals surface area (Å²) in [7, 11) is 0. The monoisotopic (exact) mass is 293 g/mol. The number of para-hydroxylation sites is 2. The quantitative estimate of drug-likeness (QED) is 0.629. The van der Waals surface area contributed by atoms with Crippen LogP contribution >= 0.6 is 0 Å². The van der Waals surface area contributed by atoms with E-state index in [2.05, 4.69) is 5.32 Å². The molecule has 0 atom stereocenters. The van der Waals surface area contributed by atoms with Crippen molar-refractivity contribution in [3.8, 4) is 11.5 Å². The molecule has 3 rings (SSSR count). The molecule has 0 saturated carbocycles. The first-order valence-corrected chi connectivity index (χ1v) is 6.88. The van der Waals surface area contributed by atoms with E-state index >= 15 is 0 Å². The highest BCUT2D eigenvalue weighted by Crippen LogP contribution is 2.31. The molecule has 4 nitrogen and oxygen atoms in total. The van der Waals surface area contributed by atoms with Crippen LogP contribution in [-0.4, -0.2) is 16.1 Å². The summed E-state index contributed by atoms with van der Waals surface area (Å²) in [5.74, 6) is -0.535. The molecule has 0 saturated heterocycles. The largest absolute Gasteiger partial charge is 0.507 e. The van der Waals surface area contributed by atoms with Crippen LogP contribution < -0.4 is 5.32 Å². The number of fused-ring (bicyclic) bond motifs is 1. The molecule has 0 bridgehead atoms. The van der Waals surface area contributed by atoms with Gasteiger partial charge in [-0.3, -0.25) is 4.79 Å². The lowest BCUT2D eigenvalue weighted by Gasteiger charge is -2.12. The maximum absolute atomic E-state index is 12.4. The fourth-order valence-electron chi connectivity index (χ4n) is 2.46. The predicted molar refractivity (Wildman–Crippen MR) is 86.4 cm³/mol. The van der Waals surface area contributed by atoms with Crippen LogP contribution in [0, 0.1) is 6.92 Å². The maximum atomic E-state index is 12.4. The number of nitrogens with one attached hydrogen (secondary N) is 1. The Balaban J connectivity index is 2.04. The lowest BCUT2D eigenvalue weighted by molar-refractivity contribution is 0.102. The highest BCUT2D eigenvalue weighted by atomic mass is 16.3. The number of aromatic hydroxyl groups is 2. The molecule has 0 aliphatic carbocycles. The Labute approximate surface area is 127 Å². The first-order chi connectivity index (χ1) is 10.6. The van der Waals surface area contributed by atoms with Gasteiger partial charge in [-0.2, -0.15) is 0 Å². The Hall–Kier alpha value is -3.01. The van der Waals surface area contributed by atoms with E-state index in [4.69, 9.17) is 0 Å². The normalized spacial score (nSPS) is 10.6. The summed E-state index contributed by atoms with van der Waals surface area (Å²) < 4.78 is 0. The van der Waals surface area contributed by atoms with Crippen LogP contribution in [0.3, 0.4) is 0 Å². The number of rotatable bonds is 2. The summed E-state index contributed by atoms with van der Waals surface area (Å²) in [6.45, 7) is 1.77. The van der Waals surface area contributed by atoms with E-state index in [1.54, 1.807) is 31.2 Å². The number of hydrogen-bond acceptors (Lipinski definition) is 3. The van der Waals surface area contributed by atoms with Gasteiger partial charge in [0.15, 0.2) is 0 Å². The van der Waals surface area contributed by atoms with E-state index in [0.717, 1.165) is 10.8 Å². The molecule has 0 aromatic heterocycles. The highest BCUT2D eigenvalue weighted by Gasteiger charge is 2.16. The van der Waals surface area contributed by atoms with Gasteiger partial charge in [0.1, 0.15) is 11.5 Å². The van der Waals surface area contributed by atoms with E-state index in [-0.39, 0.29) is 17.1 Å². The fourth-order valence-corrected chi connectivity index (χ4v) is 2.46. The number of benzene rings is 3. The zero-order valence-electron chi connectivity index (χ0n) is 12.0. The second kappa shape index (κ2) is 5.41.